The molecule has 0 bridgehead atoms. The smallest absolute Gasteiger partial charge is 0.310 e. The number of nitrogen functional groups attached to an aromatic ring is 1. The van der Waals surface area contributed by atoms with Crippen molar-refractivity contribution in [3.05, 3.63) is 87.0 Å². The number of carbonyl (C=O) groups is 1. The van der Waals surface area contributed by atoms with Crippen molar-refractivity contribution >= 4 is 17.3 Å². The molecule has 5 rings (SSSR count). The van der Waals surface area contributed by atoms with Crippen molar-refractivity contribution in [2.24, 2.45) is 11.3 Å². The van der Waals surface area contributed by atoms with Gasteiger partial charge >= 0.3 is 5.97 Å². The average molecular weight is 543 g/mol. The van der Waals surface area contributed by atoms with Gasteiger partial charge in [0.15, 0.2) is 0 Å². The fourth-order valence-corrected chi connectivity index (χ4v) is 6.39. The number of carboxylic acid groups (broad SMARTS) is 1. The number of aryl methyl sites for hydroxylation is 3. The minimum absolute atomic E-state index is 0.403. The van der Waals surface area contributed by atoms with Crippen LogP contribution in [0.25, 0.3) is 0 Å². The third kappa shape index (κ3) is 5.16. The SMILES string of the molecule is Cc1ccc(C(c2ccc(N(C)N)c(N)c2C)C(C)(C)C(=O)O)cc1CN1CCOc2cc3c(cc2C1)CCC3. The molecule has 0 aromatic heterocycles. The minimum Gasteiger partial charge on any atom is -0.492 e. The molecule has 0 saturated heterocycles. The molecule has 1 heterocycles. The van der Waals surface area contributed by atoms with Crippen molar-refractivity contribution in [1.82, 2.24) is 4.90 Å². The maximum absolute atomic E-state index is 12.6. The Labute approximate surface area is 237 Å². The first-order valence-corrected chi connectivity index (χ1v) is 14.2. The van der Waals surface area contributed by atoms with Gasteiger partial charge in [-0.15, -0.1) is 0 Å². The molecule has 0 fully saturated rings. The van der Waals surface area contributed by atoms with Crippen molar-refractivity contribution in [2.75, 3.05) is 30.9 Å². The molecular formula is C33H42N4O3. The van der Waals surface area contributed by atoms with Crippen molar-refractivity contribution in [2.45, 2.75) is 66.0 Å². The van der Waals surface area contributed by atoms with Crippen LogP contribution in [-0.2, 0) is 30.7 Å². The summed E-state index contributed by atoms with van der Waals surface area (Å²) < 4.78 is 6.18. The van der Waals surface area contributed by atoms with Crippen LogP contribution in [0.1, 0.15) is 70.7 Å². The summed E-state index contributed by atoms with van der Waals surface area (Å²) in [7, 11) is 1.75. The lowest BCUT2D eigenvalue weighted by Gasteiger charge is -2.34. The van der Waals surface area contributed by atoms with E-state index in [0.29, 0.717) is 18.0 Å². The molecule has 0 amide bonds. The zero-order valence-corrected chi connectivity index (χ0v) is 24.4. The van der Waals surface area contributed by atoms with Crippen LogP contribution in [0.15, 0.2) is 42.5 Å². The molecule has 0 radical (unpaired) electrons. The standard InChI is InChI=1S/C33H42N4O3/c1-20-9-10-24(30(33(3,4)32(38)39)27-11-12-28(36(5)35)31(34)21(27)2)16-25(20)18-37-13-14-40-29-17-23-8-6-7-22(23)15-26(29)19-37/h9-12,15-17,30H,6-8,13-14,18-19,34-35H2,1-5H3,(H,38,39). The number of benzene rings is 3. The molecule has 7 nitrogen and oxygen atoms in total. The molecule has 212 valence electrons. The second-order valence-corrected chi connectivity index (χ2v) is 12.1. The molecule has 5 N–H and O–H groups in total. The number of ether oxygens (including phenoxy) is 1. The molecule has 3 aromatic rings. The molecule has 1 unspecified atom stereocenters. The molecule has 3 aromatic carbocycles. The van der Waals surface area contributed by atoms with Gasteiger partial charge < -0.3 is 20.6 Å². The number of nitrogens with two attached hydrogens (primary N) is 2. The number of hydrogen-bond donors (Lipinski definition) is 3. The van der Waals surface area contributed by atoms with Gasteiger partial charge in [0.2, 0.25) is 0 Å². The highest BCUT2D eigenvalue weighted by molar-refractivity contribution is 5.78. The van der Waals surface area contributed by atoms with Gasteiger partial charge in [0.25, 0.3) is 0 Å². The number of nitrogens with zero attached hydrogens (tertiary/aromatic N) is 2. The molecule has 0 saturated carbocycles. The Morgan fingerprint density at radius 3 is 2.52 bits per heavy atom. The summed E-state index contributed by atoms with van der Waals surface area (Å²) >= 11 is 0. The van der Waals surface area contributed by atoms with Crippen LogP contribution in [0.2, 0.25) is 0 Å². The van der Waals surface area contributed by atoms with Gasteiger partial charge in [0, 0.05) is 38.2 Å². The van der Waals surface area contributed by atoms with E-state index in [2.05, 4.69) is 42.2 Å². The van der Waals surface area contributed by atoms with Crippen LogP contribution in [-0.4, -0.2) is 36.2 Å². The lowest BCUT2D eigenvalue weighted by Crippen LogP contribution is -2.33. The highest BCUT2D eigenvalue weighted by Crippen LogP contribution is 2.45. The molecule has 1 aliphatic heterocycles. The molecule has 2 aliphatic rings. The summed E-state index contributed by atoms with van der Waals surface area (Å²) in [5.41, 5.74) is 16.0. The van der Waals surface area contributed by atoms with Gasteiger partial charge in [-0.25, -0.2) is 5.84 Å². The van der Waals surface area contributed by atoms with E-state index in [1.54, 1.807) is 20.9 Å². The second kappa shape index (κ2) is 10.8. The summed E-state index contributed by atoms with van der Waals surface area (Å²) in [5, 5.41) is 11.8. The topological polar surface area (TPSA) is 105 Å². The van der Waals surface area contributed by atoms with Gasteiger partial charge in [-0.1, -0.05) is 30.3 Å². The third-order valence-electron chi connectivity index (χ3n) is 8.93. The number of anilines is 2. The number of rotatable bonds is 7. The first-order valence-electron chi connectivity index (χ1n) is 14.2. The Balaban J connectivity index is 1.51. The Morgan fingerprint density at radius 1 is 1.10 bits per heavy atom. The predicted molar refractivity (Wildman–Crippen MR) is 161 cm³/mol. The van der Waals surface area contributed by atoms with Crippen LogP contribution >= 0.6 is 0 Å². The van der Waals surface area contributed by atoms with Gasteiger partial charge in [0.05, 0.1) is 16.8 Å². The molecule has 40 heavy (non-hydrogen) atoms. The van der Waals surface area contributed by atoms with Crippen LogP contribution in [0.4, 0.5) is 11.4 Å². The quantitative estimate of drug-likeness (QED) is 0.211. The number of fused-ring (bicyclic) bond motifs is 2. The summed E-state index contributed by atoms with van der Waals surface area (Å²) in [6.45, 7) is 10.7. The summed E-state index contributed by atoms with van der Waals surface area (Å²) in [6, 6.07) is 14.8. The van der Waals surface area contributed by atoms with E-state index in [-0.39, 0.29) is 0 Å². The van der Waals surface area contributed by atoms with E-state index >= 15 is 0 Å². The highest BCUT2D eigenvalue weighted by atomic mass is 16.5. The number of aliphatic carboxylic acids is 1. The highest BCUT2D eigenvalue weighted by Gasteiger charge is 2.40. The fourth-order valence-electron chi connectivity index (χ4n) is 6.39. The van der Waals surface area contributed by atoms with E-state index in [9.17, 15) is 9.90 Å². The first-order chi connectivity index (χ1) is 19.0. The summed E-state index contributed by atoms with van der Waals surface area (Å²) in [5.74, 6) is 5.76. The Bertz CT molecular complexity index is 1450. The normalized spacial score (nSPS) is 16.1. The van der Waals surface area contributed by atoms with Gasteiger partial charge in [0.1, 0.15) is 12.4 Å². The van der Waals surface area contributed by atoms with E-state index in [1.165, 1.54) is 39.2 Å². The summed E-state index contributed by atoms with van der Waals surface area (Å²) in [6.07, 6.45) is 3.52. The number of carboxylic acids is 1. The van der Waals surface area contributed by atoms with Crippen LogP contribution in [0.5, 0.6) is 5.75 Å². The molecule has 0 spiro atoms. The van der Waals surface area contributed by atoms with Crippen LogP contribution in [0, 0.1) is 19.3 Å². The van der Waals surface area contributed by atoms with Gasteiger partial charge in [-0.2, -0.15) is 0 Å². The van der Waals surface area contributed by atoms with E-state index < -0.39 is 17.3 Å². The Kier molecular flexibility index (Phi) is 7.55. The average Bonchev–Trinajstić information content (AvgIpc) is 3.26. The largest absolute Gasteiger partial charge is 0.492 e. The minimum atomic E-state index is -1.07. The lowest BCUT2D eigenvalue weighted by molar-refractivity contribution is -0.147. The molecule has 1 aliphatic carbocycles. The zero-order valence-electron chi connectivity index (χ0n) is 24.4. The lowest BCUT2D eigenvalue weighted by atomic mass is 9.69. The Morgan fingerprint density at radius 2 is 1.82 bits per heavy atom. The zero-order chi connectivity index (χ0) is 28.8. The maximum atomic E-state index is 12.6. The van der Waals surface area contributed by atoms with Crippen molar-refractivity contribution in [3.8, 4) is 5.75 Å². The second-order valence-electron chi connectivity index (χ2n) is 12.1. The van der Waals surface area contributed by atoms with Gasteiger partial charge in [-0.3, -0.25) is 9.69 Å². The summed E-state index contributed by atoms with van der Waals surface area (Å²) in [4.78, 5) is 15.0. The van der Waals surface area contributed by atoms with Gasteiger partial charge in [-0.05, 0) is 98.0 Å². The Hall–Kier alpha value is -3.55. The monoisotopic (exact) mass is 542 g/mol. The van der Waals surface area contributed by atoms with Crippen LogP contribution < -0.4 is 21.3 Å². The first kappa shape index (κ1) is 28.0. The van der Waals surface area contributed by atoms with Crippen molar-refractivity contribution < 1.29 is 14.6 Å². The van der Waals surface area contributed by atoms with Crippen LogP contribution in [0.3, 0.4) is 0 Å². The molecular weight excluding hydrogens is 500 g/mol. The maximum Gasteiger partial charge on any atom is 0.310 e. The number of hydrazine groups is 1. The molecule has 1 atom stereocenters. The van der Waals surface area contributed by atoms with Crippen molar-refractivity contribution in [1.29, 1.82) is 0 Å². The van der Waals surface area contributed by atoms with E-state index in [0.717, 1.165) is 54.9 Å². The predicted octanol–water partition coefficient (Wildman–Crippen LogP) is 5.32. The molecule has 7 heteroatoms. The fraction of sp³-hybridized carbons (Fsp3) is 0.424. The number of hydrogen-bond acceptors (Lipinski definition) is 6. The van der Waals surface area contributed by atoms with E-state index in [1.807, 2.05) is 19.1 Å². The third-order valence-corrected chi connectivity index (χ3v) is 8.93. The van der Waals surface area contributed by atoms with E-state index in [4.69, 9.17) is 16.3 Å². The van der Waals surface area contributed by atoms with Crippen molar-refractivity contribution in [3.63, 3.8) is 0 Å².